The molecule has 352 valence electrons. The molecular formula is C67H81B. The Labute approximate surface area is 415 Å². The summed E-state index contributed by atoms with van der Waals surface area (Å²) >= 11 is 0. The van der Waals surface area contributed by atoms with Crippen molar-refractivity contribution in [3.8, 4) is 22.3 Å². The van der Waals surface area contributed by atoms with E-state index in [9.17, 15) is 0 Å². The predicted octanol–water partition coefficient (Wildman–Crippen LogP) is 17.7. The van der Waals surface area contributed by atoms with Gasteiger partial charge in [-0.3, -0.25) is 0 Å². The molecule has 7 aromatic carbocycles. The third kappa shape index (κ3) is 14.2. The molecule has 0 spiro atoms. The molecule has 0 bridgehead atoms. The molecule has 7 aromatic rings. The molecule has 0 fully saturated rings. The van der Waals surface area contributed by atoms with Gasteiger partial charge >= 0.3 is 0 Å². The van der Waals surface area contributed by atoms with Crippen LogP contribution < -0.4 is 16.4 Å². The first kappa shape index (κ1) is 54.4. The summed E-state index contributed by atoms with van der Waals surface area (Å²) in [6.45, 7) is 28.0. The van der Waals surface area contributed by atoms with Crippen molar-refractivity contribution in [1.82, 2.24) is 0 Å². The average molecular weight is 897 g/mol. The standard InChI is InChI=1S/C32H27B.C22H28.C7H8.3C2H6/c1-24-12-9-10-17-30(24)31-18-11-19-32(25(31)2)33(28-15-7-4-8-16-28)29-22-20-27(21-23-29)26-13-5-3-6-14-26;1-5-18-14-19-11-7-9-13-21(19)22(18)17(4)16(3)20-12-8-6-10-15(20)2;1-7-5-3-2-4-6-7;3*1-2/h3-23H,1-2H3;6-8,10-12,18,22H,5,9,13-14H2,1-4H3;2-6H,1H3;3*1-2H3/b;17-16+;;;;. The lowest BCUT2D eigenvalue weighted by molar-refractivity contribution is 0.437. The Bertz CT molecular complexity index is 2630. The molecule has 0 heterocycles. The Morgan fingerprint density at radius 3 is 1.60 bits per heavy atom. The lowest BCUT2D eigenvalue weighted by Gasteiger charge is -2.26. The highest BCUT2D eigenvalue weighted by atomic mass is 14.4. The van der Waals surface area contributed by atoms with Gasteiger partial charge in [-0.2, -0.15) is 0 Å². The van der Waals surface area contributed by atoms with Gasteiger partial charge in [0, 0.05) is 5.92 Å². The first-order valence-electron chi connectivity index (χ1n) is 25.7. The molecule has 0 saturated heterocycles. The second kappa shape index (κ2) is 28.9. The molecule has 0 nitrogen and oxygen atoms in total. The summed E-state index contributed by atoms with van der Waals surface area (Å²) in [6.07, 6.45) is 9.82. The highest BCUT2D eigenvalue weighted by molar-refractivity contribution is 6.95. The molecule has 9 rings (SSSR count). The quantitative estimate of drug-likeness (QED) is 0.133. The van der Waals surface area contributed by atoms with E-state index in [1.54, 1.807) is 16.7 Å². The fourth-order valence-electron chi connectivity index (χ4n) is 9.77. The monoisotopic (exact) mass is 897 g/mol. The van der Waals surface area contributed by atoms with Crippen LogP contribution in [0.2, 0.25) is 0 Å². The van der Waals surface area contributed by atoms with Gasteiger partial charge in [-0.25, -0.2) is 0 Å². The zero-order chi connectivity index (χ0) is 49.4. The molecular weight excluding hydrogens is 816 g/mol. The smallest absolute Gasteiger partial charge is 0.0839 e. The van der Waals surface area contributed by atoms with Gasteiger partial charge in [-0.05, 0) is 122 Å². The minimum absolute atomic E-state index is 0.181. The van der Waals surface area contributed by atoms with Crippen LogP contribution in [0.15, 0.2) is 211 Å². The van der Waals surface area contributed by atoms with E-state index < -0.39 is 0 Å². The first-order valence-corrected chi connectivity index (χ1v) is 25.7. The molecule has 0 N–H and O–H groups in total. The van der Waals surface area contributed by atoms with Crippen LogP contribution in [0.3, 0.4) is 0 Å². The van der Waals surface area contributed by atoms with Crippen LogP contribution >= 0.6 is 0 Å². The van der Waals surface area contributed by atoms with E-state index in [-0.39, 0.29) is 6.71 Å². The zero-order valence-corrected chi connectivity index (χ0v) is 44.0. The number of aryl methyl sites for hydroxylation is 3. The van der Waals surface area contributed by atoms with Crippen LogP contribution in [0.4, 0.5) is 0 Å². The Morgan fingerprint density at radius 2 is 1.03 bits per heavy atom. The highest BCUT2D eigenvalue weighted by Crippen LogP contribution is 2.48. The molecule has 68 heavy (non-hydrogen) atoms. The molecule has 0 saturated carbocycles. The Morgan fingerprint density at radius 1 is 0.515 bits per heavy atom. The lowest BCUT2D eigenvalue weighted by atomic mass is 9.36. The number of allylic oxidation sites excluding steroid dienone is 6. The van der Waals surface area contributed by atoms with Gasteiger partial charge in [0.2, 0.25) is 6.71 Å². The Kier molecular flexibility index (Phi) is 23.1. The molecule has 2 aliphatic rings. The molecule has 0 amide bonds. The highest BCUT2D eigenvalue weighted by Gasteiger charge is 2.35. The summed E-state index contributed by atoms with van der Waals surface area (Å²) in [4.78, 5) is 0. The van der Waals surface area contributed by atoms with E-state index in [4.69, 9.17) is 0 Å². The fraction of sp³-hybridized carbons (Fsp3) is 0.284. The average Bonchev–Trinajstić information content (AvgIpc) is 3.79. The van der Waals surface area contributed by atoms with Crippen molar-refractivity contribution in [2.75, 3.05) is 0 Å². The maximum Gasteiger partial charge on any atom is 0.241 e. The SMILES string of the molecule is CC.CC.CC.CCC1CC2=C(CCC=C2)C1/C(C)=C(\C)c1ccccc1C.Cc1ccccc1.Cc1ccccc1-c1cccc(B(c2ccccc2)c2ccc(-c3ccccc3)cc2)c1C. The van der Waals surface area contributed by atoms with Crippen LogP contribution in [0, 0.1) is 39.5 Å². The molecule has 0 aromatic heterocycles. The summed E-state index contributed by atoms with van der Waals surface area (Å²) in [6, 6.07) is 65.0. The summed E-state index contributed by atoms with van der Waals surface area (Å²) < 4.78 is 0. The molecule has 1 heteroatoms. The molecule has 2 aliphatic carbocycles. The van der Waals surface area contributed by atoms with E-state index in [0.29, 0.717) is 5.92 Å². The van der Waals surface area contributed by atoms with Gasteiger partial charge in [0.15, 0.2) is 0 Å². The number of rotatable bonds is 8. The van der Waals surface area contributed by atoms with Crippen LogP contribution in [-0.2, 0) is 0 Å². The van der Waals surface area contributed by atoms with Gasteiger partial charge in [0.1, 0.15) is 0 Å². The molecule has 2 unspecified atom stereocenters. The molecule has 0 aliphatic heterocycles. The van der Waals surface area contributed by atoms with Crippen molar-refractivity contribution in [2.24, 2.45) is 11.8 Å². The zero-order valence-electron chi connectivity index (χ0n) is 44.0. The predicted molar refractivity (Wildman–Crippen MR) is 306 cm³/mol. The second-order valence-corrected chi connectivity index (χ2v) is 17.3. The van der Waals surface area contributed by atoms with Crippen LogP contribution in [0.5, 0.6) is 0 Å². The van der Waals surface area contributed by atoms with Gasteiger partial charge < -0.3 is 0 Å². The van der Waals surface area contributed by atoms with Crippen molar-refractivity contribution in [2.45, 2.75) is 116 Å². The van der Waals surface area contributed by atoms with E-state index in [2.05, 4.69) is 224 Å². The molecule has 2 atom stereocenters. The largest absolute Gasteiger partial charge is 0.241 e. The third-order valence-corrected chi connectivity index (χ3v) is 13.3. The second-order valence-electron chi connectivity index (χ2n) is 17.3. The maximum absolute atomic E-state index is 2.40. The minimum Gasteiger partial charge on any atom is -0.0839 e. The number of hydrogen-bond acceptors (Lipinski definition) is 0. The summed E-state index contributed by atoms with van der Waals surface area (Å²) in [5.74, 6) is 1.47. The summed E-state index contributed by atoms with van der Waals surface area (Å²) in [5, 5.41) is 0. The fourth-order valence-corrected chi connectivity index (χ4v) is 9.77. The van der Waals surface area contributed by atoms with E-state index in [1.165, 1.54) is 97.7 Å². The first-order chi connectivity index (χ1) is 33.2. The topological polar surface area (TPSA) is 0 Å². The van der Waals surface area contributed by atoms with E-state index in [0.717, 1.165) is 5.92 Å². The van der Waals surface area contributed by atoms with Gasteiger partial charge in [-0.1, -0.05) is 282 Å². The van der Waals surface area contributed by atoms with Gasteiger partial charge in [0.05, 0.1) is 0 Å². The van der Waals surface area contributed by atoms with Gasteiger partial charge in [0.25, 0.3) is 0 Å². The van der Waals surface area contributed by atoms with Crippen molar-refractivity contribution >= 4 is 28.7 Å². The van der Waals surface area contributed by atoms with Crippen LogP contribution in [-0.4, -0.2) is 6.71 Å². The van der Waals surface area contributed by atoms with Crippen LogP contribution in [0.25, 0.3) is 27.8 Å². The van der Waals surface area contributed by atoms with Crippen LogP contribution in [0.1, 0.15) is 116 Å². The maximum atomic E-state index is 2.40. The normalized spacial score (nSPS) is 14.5. The van der Waals surface area contributed by atoms with Crippen molar-refractivity contribution in [3.63, 3.8) is 0 Å². The van der Waals surface area contributed by atoms with E-state index in [1.807, 2.05) is 59.7 Å². The van der Waals surface area contributed by atoms with Crippen molar-refractivity contribution in [3.05, 3.63) is 239 Å². The van der Waals surface area contributed by atoms with Gasteiger partial charge in [-0.15, -0.1) is 0 Å². The summed E-state index contributed by atoms with van der Waals surface area (Å²) in [7, 11) is 0. The molecule has 0 radical (unpaired) electrons. The minimum atomic E-state index is 0.181. The summed E-state index contributed by atoms with van der Waals surface area (Å²) in [5.41, 5.74) is 22.3. The Balaban J connectivity index is 0.000000247. The number of hydrogen-bond donors (Lipinski definition) is 0. The Hall–Kier alpha value is -6.18. The van der Waals surface area contributed by atoms with E-state index >= 15 is 0 Å². The van der Waals surface area contributed by atoms with Crippen molar-refractivity contribution in [1.29, 1.82) is 0 Å². The third-order valence-electron chi connectivity index (χ3n) is 13.3. The van der Waals surface area contributed by atoms with Crippen molar-refractivity contribution < 1.29 is 0 Å². The lowest BCUT2D eigenvalue weighted by Crippen LogP contribution is -2.53. The number of benzene rings is 7.